The molecule has 0 fully saturated rings. The van der Waals surface area contributed by atoms with E-state index in [9.17, 15) is 0 Å². The largest absolute Gasteiger partial charge is 0.389 e. The zero-order valence-electron chi connectivity index (χ0n) is 8.49. The molecule has 0 spiro atoms. The highest BCUT2D eigenvalue weighted by molar-refractivity contribution is 7.16. The highest BCUT2D eigenvalue weighted by atomic mass is 32.1. The van der Waals surface area contributed by atoms with E-state index in [2.05, 4.69) is 17.5 Å². The predicted octanol–water partition coefficient (Wildman–Crippen LogP) is 1.75. The molecule has 0 radical (unpaired) electrons. The fourth-order valence-electron chi connectivity index (χ4n) is 1.94. The summed E-state index contributed by atoms with van der Waals surface area (Å²) in [7, 11) is 0. The van der Waals surface area contributed by atoms with Crippen molar-refractivity contribution in [3.63, 3.8) is 0 Å². The van der Waals surface area contributed by atoms with E-state index in [0.29, 0.717) is 10.6 Å². The number of nitrogens with two attached hydrogens (primary N) is 1. The van der Waals surface area contributed by atoms with Crippen LogP contribution in [0, 0.1) is 11.3 Å². The van der Waals surface area contributed by atoms with Gasteiger partial charge in [0.15, 0.2) is 0 Å². The van der Waals surface area contributed by atoms with Crippen molar-refractivity contribution in [1.29, 1.82) is 5.26 Å². The van der Waals surface area contributed by atoms with Crippen LogP contribution in [0.1, 0.15) is 16.0 Å². The van der Waals surface area contributed by atoms with E-state index in [1.54, 1.807) is 11.3 Å². The first-order valence-electron chi connectivity index (χ1n) is 4.89. The van der Waals surface area contributed by atoms with Gasteiger partial charge in [-0.15, -0.1) is 17.9 Å². The molecule has 4 heteroatoms. The first-order chi connectivity index (χ1) is 7.26. The summed E-state index contributed by atoms with van der Waals surface area (Å²) in [4.78, 5) is 3.56. The van der Waals surface area contributed by atoms with Gasteiger partial charge in [0.1, 0.15) is 11.1 Å². The zero-order valence-corrected chi connectivity index (χ0v) is 9.31. The second-order valence-corrected chi connectivity index (χ2v) is 4.77. The average Bonchev–Trinajstić information content (AvgIpc) is 2.53. The summed E-state index contributed by atoms with van der Waals surface area (Å²) >= 11 is 1.55. The molecule has 0 amide bonds. The van der Waals surface area contributed by atoms with Crippen LogP contribution in [0.2, 0.25) is 0 Å². The summed E-state index contributed by atoms with van der Waals surface area (Å²) in [5.74, 6) is 0. The average molecular weight is 219 g/mol. The van der Waals surface area contributed by atoms with Crippen molar-refractivity contribution in [3.05, 3.63) is 28.7 Å². The van der Waals surface area contributed by atoms with Crippen molar-refractivity contribution in [3.8, 4) is 6.07 Å². The Kier molecular flexibility index (Phi) is 2.76. The number of nitrogens with zero attached hydrogens (tertiary/aromatic N) is 2. The molecule has 0 bridgehead atoms. The Morgan fingerprint density at radius 1 is 1.67 bits per heavy atom. The summed E-state index contributed by atoms with van der Waals surface area (Å²) in [6.07, 6.45) is 2.84. The minimum absolute atomic E-state index is 0.669. The van der Waals surface area contributed by atoms with Crippen molar-refractivity contribution in [1.82, 2.24) is 4.90 Å². The van der Waals surface area contributed by atoms with Gasteiger partial charge in [-0.25, -0.2) is 0 Å². The maximum atomic E-state index is 8.98. The van der Waals surface area contributed by atoms with Gasteiger partial charge in [-0.05, 0) is 12.0 Å². The fraction of sp³-hybridized carbons (Fsp3) is 0.364. The second-order valence-electron chi connectivity index (χ2n) is 3.63. The van der Waals surface area contributed by atoms with E-state index >= 15 is 0 Å². The summed E-state index contributed by atoms with van der Waals surface area (Å²) in [6.45, 7) is 6.53. The highest BCUT2D eigenvalue weighted by Gasteiger charge is 2.22. The molecular weight excluding hydrogens is 206 g/mol. The first kappa shape index (κ1) is 10.2. The lowest BCUT2D eigenvalue weighted by Crippen LogP contribution is -2.29. The molecule has 2 N–H and O–H groups in total. The molecule has 2 rings (SSSR count). The zero-order chi connectivity index (χ0) is 10.8. The molecule has 2 heterocycles. The Morgan fingerprint density at radius 3 is 3.13 bits per heavy atom. The summed E-state index contributed by atoms with van der Waals surface area (Å²) in [5.41, 5.74) is 7.68. The number of nitriles is 1. The molecule has 1 aromatic heterocycles. The van der Waals surface area contributed by atoms with Crippen LogP contribution in [-0.4, -0.2) is 18.0 Å². The van der Waals surface area contributed by atoms with Gasteiger partial charge < -0.3 is 5.73 Å². The molecule has 0 unspecified atom stereocenters. The van der Waals surface area contributed by atoms with Crippen molar-refractivity contribution in [2.45, 2.75) is 13.0 Å². The maximum absolute atomic E-state index is 8.98. The van der Waals surface area contributed by atoms with Gasteiger partial charge in [0, 0.05) is 24.5 Å². The van der Waals surface area contributed by atoms with Crippen molar-refractivity contribution in [2.24, 2.45) is 0 Å². The Morgan fingerprint density at radius 2 is 2.47 bits per heavy atom. The van der Waals surface area contributed by atoms with E-state index in [1.165, 1.54) is 10.4 Å². The van der Waals surface area contributed by atoms with Crippen LogP contribution in [-0.2, 0) is 13.0 Å². The molecule has 1 aliphatic heterocycles. The molecule has 0 saturated heterocycles. The molecule has 0 aromatic carbocycles. The second kappa shape index (κ2) is 4.05. The lowest BCUT2D eigenvalue weighted by atomic mass is 10.0. The van der Waals surface area contributed by atoms with Crippen LogP contribution in [0.25, 0.3) is 0 Å². The van der Waals surface area contributed by atoms with Gasteiger partial charge in [-0.1, -0.05) is 6.08 Å². The van der Waals surface area contributed by atoms with E-state index in [4.69, 9.17) is 11.0 Å². The maximum Gasteiger partial charge on any atom is 0.104 e. The normalized spacial score (nSPS) is 15.7. The van der Waals surface area contributed by atoms with Crippen molar-refractivity contribution >= 4 is 16.3 Å². The minimum atomic E-state index is 0.669. The molecule has 0 saturated carbocycles. The van der Waals surface area contributed by atoms with E-state index in [1.807, 2.05) is 6.08 Å². The topological polar surface area (TPSA) is 53.0 Å². The van der Waals surface area contributed by atoms with Crippen LogP contribution in [0.3, 0.4) is 0 Å². The van der Waals surface area contributed by atoms with Crippen molar-refractivity contribution < 1.29 is 0 Å². The number of thiophene rings is 1. The van der Waals surface area contributed by atoms with Crippen LogP contribution >= 0.6 is 11.3 Å². The quantitative estimate of drug-likeness (QED) is 0.771. The molecule has 3 nitrogen and oxygen atoms in total. The van der Waals surface area contributed by atoms with Crippen LogP contribution in [0.15, 0.2) is 12.7 Å². The van der Waals surface area contributed by atoms with Gasteiger partial charge in [0.25, 0.3) is 0 Å². The lowest BCUT2D eigenvalue weighted by molar-refractivity contribution is 0.285. The third-order valence-electron chi connectivity index (χ3n) is 2.66. The molecule has 15 heavy (non-hydrogen) atoms. The standard InChI is InChI=1S/C11H13N3S/c1-2-4-14-5-3-8-9(6-12)11(13)15-10(8)7-14/h2H,1,3-5,7,13H2. The first-order valence-corrected chi connectivity index (χ1v) is 5.71. The molecule has 1 aromatic rings. The van der Waals surface area contributed by atoms with Crippen molar-refractivity contribution in [2.75, 3.05) is 18.8 Å². The number of nitrogen functional groups attached to an aromatic ring is 1. The SMILES string of the molecule is C=CCN1CCc2c(sc(N)c2C#N)C1. The fourth-order valence-corrected chi connectivity index (χ4v) is 3.05. The van der Waals surface area contributed by atoms with Gasteiger partial charge in [-0.2, -0.15) is 5.26 Å². The molecule has 0 atom stereocenters. The molecule has 78 valence electrons. The van der Waals surface area contributed by atoms with E-state index < -0.39 is 0 Å². The summed E-state index contributed by atoms with van der Waals surface area (Å²) < 4.78 is 0. The van der Waals surface area contributed by atoms with E-state index in [-0.39, 0.29) is 0 Å². The van der Waals surface area contributed by atoms with Gasteiger partial charge in [0.2, 0.25) is 0 Å². The smallest absolute Gasteiger partial charge is 0.104 e. The molecular formula is C11H13N3S. The van der Waals surface area contributed by atoms with E-state index in [0.717, 1.165) is 26.1 Å². The Balaban J connectivity index is 2.29. The molecule has 0 aliphatic carbocycles. The Hall–Kier alpha value is -1.31. The number of rotatable bonds is 2. The third-order valence-corrected chi connectivity index (χ3v) is 3.71. The summed E-state index contributed by atoms with van der Waals surface area (Å²) in [6, 6.07) is 2.20. The summed E-state index contributed by atoms with van der Waals surface area (Å²) in [5, 5.41) is 9.65. The number of fused-ring (bicyclic) bond motifs is 1. The minimum Gasteiger partial charge on any atom is -0.389 e. The van der Waals surface area contributed by atoms with Gasteiger partial charge >= 0.3 is 0 Å². The number of anilines is 1. The highest BCUT2D eigenvalue weighted by Crippen LogP contribution is 2.34. The number of hydrogen-bond acceptors (Lipinski definition) is 4. The van der Waals surface area contributed by atoms with Crippen LogP contribution < -0.4 is 5.73 Å². The Bertz CT molecular complexity index is 428. The van der Waals surface area contributed by atoms with Gasteiger partial charge in [0.05, 0.1) is 5.56 Å². The monoisotopic (exact) mass is 219 g/mol. The molecule has 1 aliphatic rings. The Labute approximate surface area is 93.4 Å². The lowest BCUT2D eigenvalue weighted by Gasteiger charge is -2.25. The van der Waals surface area contributed by atoms with Gasteiger partial charge in [-0.3, -0.25) is 4.90 Å². The third kappa shape index (κ3) is 1.76. The number of hydrogen-bond donors (Lipinski definition) is 1. The van der Waals surface area contributed by atoms with Crippen LogP contribution in [0.4, 0.5) is 5.00 Å². The predicted molar refractivity (Wildman–Crippen MR) is 62.6 cm³/mol. The van der Waals surface area contributed by atoms with Crippen LogP contribution in [0.5, 0.6) is 0 Å².